The van der Waals surface area contributed by atoms with E-state index in [0.29, 0.717) is 21.7 Å². The van der Waals surface area contributed by atoms with Gasteiger partial charge < -0.3 is 9.47 Å². The maximum Gasteiger partial charge on any atom is 0.341 e. The zero-order chi connectivity index (χ0) is 15.7. The minimum absolute atomic E-state index is 0.435. The van der Waals surface area contributed by atoms with Crippen LogP contribution in [-0.2, 0) is 15.3 Å². The molecule has 1 aliphatic heterocycles. The smallest absolute Gasteiger partial charge is 0.341 e. The molecule has 0 aromatic heterocycles. The summed E-state index contributed by atoms with van der Waals surface area (Å²) < 4.78 is 11.6. The molecule has 4 heteroatoms. The van der Waals surface area contributed by atoms with Crippen LogP contribution in [0.4, 0.5) is 0 Å². The van der Waals surface area contributed by atoms with E-state index in [0.717, 1.165) is 0 Å². The van der Waals surface area contributed by atoms with Gasteiger partial charge in [-0.05, 0) is 25.1 Å². The molecule has 3 nitrogen and oxygen atoms in total. The van der Waals surface area contributed by atoms with E-state index in [-0.39, 0.29) is 0 Å². The van der Waals surface area contributed by atoms with Crippen molar-refractivity contribution >= 4 is 17.6 Å². The number of fused-ring (bicyclic) bond motifs is 1. The molecular weight excluding hydrogens is 300 g/mol. The van der Waals surface area contributed by atoms with E-state index in [2.05, 4.69) is 5.92 Å². The molecule has 0 saturated heterocycles. The third-order valence-electron chi connectivity index (χ3n) is 3.54. The Hall–Kier alpha value is -2.28. The van der Waals surface area contributed by atoms with Crippen molar-refractivity contribution in [2.45, 2.75) is 18.8 Å². The number of ether oxygens (including phenoxy) is 2. The summed E-state index contributed by atoms with van der Waals surface area (Å²) in [5.74, 6) is 0.725. The second-order valence-electron chi connectivity index (χ2n) is 4.99. The van der Waals surface area contributed by atoms with Crippen LogP contribution in [0.3, 0.4) is 0 Å². The highest BCUT2D eigenvalue weighted by Crippen LogP contribution is 2.43. The number of rotatable bonds is 3. The van der Waals surface area contributed by atoms with Gasteiger partial charge in [0.05, 0.1) is 5.56 Å². The number of cyclic esters (lactones) is 1. The van der Waals surface area contributed by atoms with Crippen molar-refractivity contribution < 1.29 is 14.3 Å². The molecule has 0 N–H and O–H groups in total. The van der Waals surface area contributed by atoms with Crippen molar-refractivity contribution in [1.82, 2.24) is 0 Å². The largest absolute Gasteiger partial charge is 0.420 e. The SMILES string of the molecule is C#CC(C)OC1(c2ccc(Cl)cc2)OC(=O)c2ccccc21. The number of benzene rings is 2. The second kappa shape index (κ2) is 5.49. The van der Waals surface area contributed by atoms with Crippen LogP contribution in [0.25, 0.3) is 0 Å². The molecule has 0 amide bonds. The fourth-order valence-corrected chi connectivity index (χ4v) is 2.64. The summed E-state index contributed by atoms with van der Waals surface area (Å²) >= 11 is 5.94. The molecule has 2 aromatic carbocycles. The predicted molar refractivity (Wildman–Crippen MR) is 83.5 cm³/mol. The molecular formula is C18H13ClO3. The topological polar surface area (TPSA) is 35.5 Å². The van der Waals surface area contributed by atoms with Crippen molar-refractivity contribution in [2.75, 3.05) is 0 Å². The monoisotopic (exact) mass is 312 g/mol. The number of carbonyl (C=O) groups is 1. The molecule has 0 spiro atoms. The number of hydrogen-bond acceptors (Lipinski definition) is 3. The van der Waals surface area contributed by atoms with Gasteiger partial charge >= 0.3 is 5.97 Å². The summed E-state index contributed by atoms with van der Waals surface area (Å²) in [6.07, 6.45) is 4.90. The maximum atomic E-state index is 12.2. The lowest BCUT2D eigenvalue weighted by atomic mass is 9.95. The Morgan fingerprint density at radius 2 is 1.91 bits per heavy atom. The van der Waals surface area contributed by atoms with Crippen LogP contribution in [0.15, 0.2) is 48.5 Å². The standard InChI is InChI=1S/C18H13ClO3/c1-3-12(2)21-18(13-8-10-14(19)11-9-13)16-7-5-4-6-15(16)17(20)22-18/h1,4-12H,2H3. The summed E-state index contributed by atoms with van der Waals surface area (Å²) in [6, 6.07) is 14.1. The van der Waals surface area contributed by atoms with Crippen LogP contribution >= 0.6 is 11.6 Å². The van der Waals surface area contributed by atoms with Gasteiger partial charge in [0, 0.05) is 16.1 Å². The van der Waals surface area contributed by atoms with Crippen molar-refractivity contribution in [2.24, 2.45) is 0 Å². The normalized spacial score (nSPS) is 20.9. The third kappa shape index (κ3) is 2.27. The summed E-state index contributed by atoms with van der Waals surface area (Å²) in [7, 11) is 0. The van der Waals surface area contributed by atoms with Gasteiger partial charge in [0.25, 0.3) is 5.79 Å². The maximum absolute atomic E-state index is 12.2. The van der Waals surface area contributed by atoms with Gasteiger partial charge in [0.15, 0.2) is 0 Å². The highest BCUT2D eigenvalue weighted by Gasteiger charge is 2.49. The zero-order valence-corrected chi connectivity index (χ0v) is 12.6. The predicted octanol–water partition coefficient (Wildman–Crippen LogP) is 3.75. The highest BCUT2D eigenvalue weighted by molar-refractivity contribution is 6.30. The molecule has 0 saturated carbocycles. The first kappa shape index (κ1) is 14.6. The fraction of sp³-hybridized carbons (Fsp3) is 0.167. The van der Waals surface area contributed by atoms with Gasteiger partial charge in [-0.3, -0.25) is 0 Å². The molecule has 2 unspecified atom stereocenters. The number of terminal acetylenes is 1. The first-order valence-corrected chi connectivity index (χ1v) is 7.17. The molecule has 2 aromatic rings. The molecule has 110 valence electrons. The Kier molecular flexibility index (Phi) is 3.66. The Balaban J connectivity index is 2.20. The Morgan fingerprint density at radius 1 is 1.23 bits per heavy atom. The van der Waals surface area contributed by atoms with Crippen molar-refractivity contribution in [1.29, 1.82) is 0 Å². The lowest BCUT2D eigenvalue weighted by Gasteiger charge is -2.30. The average Bonchev–Trinajstić information content (AvgIpc) is 2.82. The molecule has 0 fully saturated rings. The van der Waals surface area contributed by atoms with Crippen LogP contribution in [0.5, 0.6) is 0 Å². The van der Waals surface area contributed by atoms with Gasteiger partial charge in [-0.25, -0.2) is 4.79 Å². The molecule has 2 atom stereocenters. The van der Waals surface area contributed by atoms with E-state index in [1.54, 1.807) is 49.4 Å². The minimum Gasteiger partial charge on any atom is -0.420 e. The number of hydrogen-bond donors (Lipinski definition) is 0. The summed E-state index contributed by atoms with van der Waals surface area (Å²) in [4.78, 5) is 12.2. The molecule has 0 aliphatic carbocycles. The first-order chi connectivity index (χ1) is 10.6. The van der Waals surface area contributed by atoms with E-state index in [1.165, 1.54) is 0 Å². The van der Waals surface area contributed by atoms with Gasteiger partial charge in [0.1, 0.15) is 6.10 Å². The lowest BCUT2D eigenvalue weighted by molar-refractivity contribution is -0.186. The first-order valence-electron chi connectivity index (χ1n) is 6.79. The summed E-state index contributed by atoms with van der Waals surface area (Å²) in [6.45, 7) is 1.73. The van der Waals surface area contributed by atoms with Crippen molar-refractivity contribution in [3.05, 3.63) is 70.2 Å². The van der Waals surface area contributed by atoms with Gasteiger partial charge in [0.2, 0.25) is 0 Å². The fourth-order valence-electron chi connectivity index (χ4n) is 2.51. The van der Waals surface area contributed by atoms with E-state index in [9.17, 15) is 4.79 Å². The molecule has 1 heterocycles. The highest BCUT2D eigenvalue weighted by atomic mass is 35.5. The quantitative estimate of drug-likeness (QED) is 0.639. The Labute approximate surface area is 133 Å². The average molecular weight is 313 g/mol. The molecule has 1 aliphatic rings. The minimum atomic E-state index is -1.34. The van der Waals surface area contributed by atoms with Crippen LogP contribution in [-0.4, -0.2) is 12.1 Å². The van der Waals surface area contributed by atoms with Crippen LogP contribution in [0.2, 0.25) is 5.02 Å². The third-order valence-corrected chi connectivity index (χ3v) is 3.79. The van der Waals surface area contributed by atoms with Crippen molar-refractivity contribution in [3.63, 3.8) is 0 Å². The second-order valence-corrected chi connectivity index (χ2v) is 5.42. The number of halogens is 1. The molecule has 3 rings (SSSR count). The molecule has 22 heavy (non-hydrogen) atoms. The van der Waals surface area contributed by atoms with Crippen LogP contribution < -0.4 is 0 Å². The number of carbonyl (C=O) groups excluding carboxylic acids is 1. The molecule has 0 radical (unpaired) electrons. The van der Waals surface area contributed by atoms with Crippen LogP contribution in [0, 0.1) is 12.3 Å². The van der Waals surface area contributed by atoms with E-state index < -0.39 is 17.9 Å². The van der Waals surface area contributed by atoms with Gasteiger partial charge in [-0.1, -0.05) is 47.9 Å². The van der Waals surface area contributed by atoms with Gasteiger partial charge in [-0.2, -0.15) is 0 Å². The summed E-state index contributed by atoms with van der Waals surface area (Å²) in [5, 5.41) is 0.585. The summed E-state index contributed by atoms with van der Waals surface area (Å²) in [5.41, 5.74) is 1.78. The Bertz CT molecular complexity index is 761. The van der Waals surface area contributed by atoms with Crippen molar-refractivity contribution in [3.8, 4) is 12.3 Å². The van der Waals surface area contributed by atoms with E-state index >= 15 is 0 Å². The molecule has 0 bridgehead atoms. The van der Waals surface area contributed by atoms with Gasteiger partial charge in [-0.15, -0.1) is 6.42 Å². The van der Waals surface area contributed by atoms with E-state index in [1.807, 2.05) is 6.07 Å². The lowest BCUT2D eigenvalue weighted by Crippen LogP contribution is -2.34. The zero-order valence-electron chi connectivity index (χ0n) is 11.9. The van der Waals surface area contributed by atoms with E-state index in [4.69, 9.17) is 27.5 Å². The Morgan fingerprint density at radius 3 is 2.59 bits per heavy atom. The van der Waals surface area contributed by atoms with Crippen LogP contribution in [0.1, 0.15) is 28.4 Å². The number of esters is 1.